The predicted molar refractivity (Wildman–Crippen MR) is 181 cm³/mol. The van der Waals surface area contributed by atoms with Crippen LogP contribution in [-0.2, 0) is 33.1 Å². The number of rotatable bonds is 13. The standard InChI is InChI=1S/C36H41N5O7/c1-25(8-5-14-33(43)39(18-19-42)23-26-9-3-2-4-10-26)36(46)31-21-30(41(47)48)15-16-32(31)40(35(36)45)24-27-11-6-13-29(20-27)38-34(44)28-12-7-17-37-22-28/h2-6,8-11,13,15-16,20-21,25,28,37,42,46H,7,12,14,17-19,22-24H2,1H3,(H,38,44)/b8-5+/t25-,28?,36+/m1/s1. The van der Waals surface area contributed by atoms with E-state index in [4.69, 9.17) is 0 Å². The number of non-ortho nitro benzene ring substituents is 1. The first-order valence-electron chi connectivity index (χ1n) is 16.1. The fourth-order valence-corrected chi connectivity index (χ4v) is 6.31. The summed E-state index contributed by atoms with van der Waals surface area (Å²) in [6.45, 7) is 3.44. The van der Waals surface area contributed by atoms with Crippen molar-refractivity contribution in [3.05, 3.63) is 112 Å². The largest absolute Gasteiger partial charge is 0.395 e. The Kier molecular flexibility index (Phi) is 11.0. The van der Waals surface area contributed by atoms with E-state index in [9.17, 15) is 34.7 Å². The van der Waals surface area contributed by atoms with Crippen molar-refractivity contribution >= 4 is 34.8 Å². The van der Waals surface area contributed by atoms with Crippen molar-refractivity contribution in [3.63, 3.8) is 0 Å². The first-order chi connectivity index (χ1) is 23.1. The molecule has 48 heavy (non-hydrogen) atoms. The first-order valence-corrected chi connectivity index (χ1v) is 16.1. The molecule has 3 atom stereocenters. The van der Waals surface area contributed by atoms with Gasteiger partial charge in [0, 0.05) is 55.4 Å². The van der Waals surface area contributed by atoms with Crippen LogP contribution in [0.5, 0.6) is 0 Å². The molecule has 0 aliphatic carbocycles. The minimum absolute atomic E-state index is 0.0393. The Hall–Kier alpha value is -4.91. The number of carbonyl (C=O) groups excluding carboxylic acids is 3. The van der Waals surface area contributed by atoms with Crippen molar-refractivity contribution in [2.45, 2.75) is 44.9 Å². The highest BCUT2D eigenvalue weighted by Gasteiger charge is 2.53. The molecule has 5 rings (SSSR count). The van der Waals surface area contributed by atoms with Gasteiger partial charge in [-0.2, -0.15) is 0 Å². The van der Waals surface area contributed by atoms with Crippen molar-refractivity contribution in [2.75, 3.05) is 36.5 Å². The number of nitrogens with zero attached hydrogens (tertiary/aromatic N) is 3. The molecular weight excluding hydrogens is 614 g/mol. The molecule has 252 valence electrons. The van der Waals surface area contributed by atoms with E-state index in [0.717, 1.165) is 24.9 Å². The Bertz CT molecular complexity index is 1670. The van der Waals surface area contributed by atoms with Crippen molar-refractivity contribution < 1.29 is 29.5 Å². The van der Waals surface area contributed by atoms with E-state index < -0.39 is 22.3 Å². The van der Waals surface area contributed by atoms with Crippen LogP contribution in [0, 0.1) is 22.0 Å². The third-order valence-corrected chi connectivity index (χ3v) is 8.98. The smallest absolute Gasteiger partial charge is 0.269 e. The molecule has 1 unspecified atom stereocenters. The van der Waals surface area contributed by atoms with Crippen LogP contribution in [0.1, 0.15) is 42.9 Å². The Balaban J connectivity index is 1.34. The SMILES string of the molecule is C[C@H](/C=C/CC(=O)N(CCO)Cc1ccccc1)[C@@]1(O)C(=O)N(Cc2cccc(NC(=O)C3CCCNC3)c2)c2ccc([N+](=O)[O-])cc21. The summed E-state index contributed by atoms with van der Waals surface area (Å²) in [5, 5.41) is 39.5. The number of nitro groups is 1. The maximum atomic E-state index is 14.1. The number of nitrogens with one attached hydrogen (secondary N) is 2. The molecule has 2 aliphatic heterocycles. The molecule has 4 N–H and O–H groups in total. The van der Waals surface area contributed by atoms with Gasteiger partial charge < -0.3 is 30.6 Å². The first kappa shape index (κ1) is 34.4. The summed E-state index contributed by atoms with van der Waals surface area (Å²) in [4.78, 5) is 54.0. The van der Waals surface area contributed by atoms with Gasteiger partial charge in [-0.05, 0) is 48.7 Å². The number of aliphatic hydroxyl groups is 2. The van der Waals surface area contributed by atoms with Crippen LogP contribution in [0.25, 0.3) is 0 Å². The van der Waals surface area contributed by atoms with Gasteiger partial charge >= 0.3 is 0 Å². The van der Waals surface area contributed by atoms with Crippen LogP contribution in [0.15, 0.2) is 84.9 Å². The Labute approximate surface area is 279 Å². The number of amides is 3. The van der Waals surface area contributed by atoms with E-state index in [0.29, 0.717) is 30.0 Å². The number of benzene rings is 3. The van der Waals surface area contributed by atoms with Gasteiger partial charge in [0.15, 0.2) is 5.60 Å². The quantitative estimate of drug-likeness (QED) is 0.122. The van der Waals surface area contributed by atoms with Crippen molar-refractivity contribution in [1.29, 1.82) is 0 Å². The number of aliphatic hydroxyl groups excluding tert-OH is 1. The average Bonchev–Trinajstić information content (AvgIpc) is 3.31. The molecule has 2 aliphatic rings. The Morgan fingerprint density at radius 1 is 1.15 bits per heavy atom. The summed E-state index contributed by atoms with van der Waals surface area (Å²) in [6, 6.07) is 20.5. The van der Waals surface area contributed by atoms with Crippen molar-refractivity contribution in [3.8, 4) is 0 Å². The Morgan fingerprint density at radius 3 is 2.62 bits per heavy atom. The lowest BCUT2D eigenvalue weighted by molar-refractivity contribution is -0.385. The normalized spacial score (nSPS) is 19.6. The van der Waals surface area contributed by atoms with Gasteiger partial charge in [0.05, 0.1) is 29.7 Å². The van der Waals surface area contributed by atoms with E-state index in [1.54, 1.807) is 43.3 Å². The maximum absolute atomic E-state index is 14.1. The minimum Gasteiger partial charge on any atom is -0.395 e. The lowest BCUT2D eigenvalue weighted by Crippen LogP contribution is -2.44. The molecule has 1 fully saturated rings. The third-order valence-electron chi connectivity index (χ3n) is 8.98. The summed E-state index contributed by atoms with van der Waals surface area (Å²) >= 11 is 0. The summed E-state index contributed by atoms with van der Waals surface area (Å²) < 4.78 is 0. The molecular formula is C36H41N5O7. The number of fused-ring (bicyclic) bond motifs is 1. The highest BCUT2D eigenvalue weighted by atomic mass is 16.6. The summed E-state index contributed by atoms with van der Waals surface area (Å²) in [7, 11) is 0. The molecule has 12 heteroatoms. The lowest BCUT2D eigenvalue weighted by Gasteiger charge is -2.28. The number of carbonyl (C=O) groups is 3. The summed E-state index contributed by atoms with van der Waals surface area (Å²) in [6.07, 6.45) is 4.83. The van der Waals surface area contributed by atoms with Crippen LogP contribution >= 0.6 is 0 Å². The van der Waals surface area contributed by atoms with Crippen molar-refractivity contribution in [2.24, 2.45) is 11.8 Å². The average molecular weight is 656 g/mol. The molecule has 3 aromatic rings. The fraction of sp³-hybridized carbons (Fsp3) is 0.361. The van der Waals surface area contributed by atoms with E-state index in [-0.39, 0.29) is 55.1 Å². The highest BCUT2D eigenvalue weighted by molar-refractivity contribution is 6.07. The van der Waals surface area contributed by atoms with Crippen LogP contribution in [0.3, 0.4) is 0 Å². The zero-order valence-corrected chi connectivity index (χ0v) is 26.9. The molecule has 2 heterocycles. The van der Waals surface area contributed by atoms with E-state index in [2.05, 4.69) is 10.6 Å². The van der Waals surface area contributed by atoms with Crippen LogP contribution in [0.2, 0.25) is 0 Å². The van der Waals surface area contributed by atoms with Crippen LogP contribution < -0.4 is 15.5 Å². The monoisotopic (exact) mass is 655 g/mol. The van der Waals surface area contributed by atoms with Crippen LogP contribution in [0.4, 0.5) is 17.1 Å². The lowest BCUT2D eigenvalue weighted by atomic mass is 9.82. The zero-order valence-electron chi connectivity index (χ0n) is 26.9. The van der Waals surface area contributed by atoms with Crippen molar-refractivity contribution in [1.82, 2.24) is 10.2 Å². The summed E-state index contributed by atoms with van der Waals surface area (Å²) in [5.41, 5.74) is 0.209. The minimum atomic E-state index is -2.14. The fourth-order valence-electron chi connectivity index (χ4n) is 6.31. The zero-order chi connectivity index (χ0) is 34.3. The topological polar surface area (TPSA) is 165 Å². The second-order valence-electron chi connectivity index (χ2n) is 12.3. The third kappa shape index (κ3) is 7.62. The molecule has 0 spiro atoms. The van der Waals surface area contributed by atoms with E-state index in [1.165, 1.54) is 28.0 Å². The van der Waals surface area contributed by atoms with Gasteiger partial charge in [0.25, 0.3) is 11.6 Å². The number of hydrogen-bond donors (Lipinski definition) is 4. The van der Waals surface area contributed by atoms with Gasteiger partial charge in [-0.3, -0.25) is 24.5 Å². The molecule has 12 nitrogen and oxygen atoms in total. The molecule has 0 radical (unpaired) electrons. The Morgan fingerprint density at radius 2 is 1.92 bits per heavy atom. The maximum Gasteiger partial charge on any atom is 0.269 e. The number of anilines is 2. The highest BCUT2D eigenvalue weighted by Crippen LogP contribution is 2.47. The predicted octanol–water partition coefficient (Wildman–Crippen LogP) is 3.87. The molecule has 0 bridgehead atoms. The van der Waals surface area contributed by atoms with Gasteiger partial charge in [0.1, 0.15) is 0 Å². The molecule has 0 saturated carbocycles. The molecule has 3 aromatic carbocycles. The van der Waals surface area contributed by atoms with Crippen LogP contribution in [-0.4, -0.2) is 64.0 Å². The summed E-state index contributed by atoms with van der Waals surface area (Å²) in [5.74, 6) is -1.98. The van der Waals surface area contributed by atoms with E-state index >= 15 is 0 Å². The second-order valence-corrected chi connectivity index (χ2v) is 12.3. The molecule has 3 amide bonds. The number of nitro benzene ring substituents is 1. The van der Waals surface area contributed by atoms with Gasteiger partial charge in [0.2, 0.25) is 11.8 Å². The van der Waals surface area contributed by atoms with Gasteiger partial charge in [-0.25, -0.2) is 0 Å². The van der Waals surface area contributed by atoms with Gasteiger partial charge in [-0.15, -0.1) is 0 Å². The molecule has 0 aromatic heterocycles. The number of piperidine rings is 1. The van der Waals surface area contributed by atoms with Gasteiger partial charge in [-0.1, -0.05) is 61.5 Å². The number of hydrogen-bond acceptors (Lipinski definition) is 8. The van der Waals surface area contributed by atoms with E-state index in [1.807, 2.05) is 30.3 Å². The second kappa shape index (κ2) is 15.3. The molecule has 1 saturated heterocycles.